The summed E-state index contributed by atoms with van der Waals surface area (Å²) >= 11 is 0. The molecule has 4 heterocycles. The Hall–Kier alpha value is -3.97. The molecular formula is C23H21F5N8O. The van der Waals surface area contributed by atoms with Gasteiger partial charge >= 0.3 is 6.18 Å². The van der Waals surface area contributed by atoms with Gasteiger partial charge in [0.25, 0.3) is 0 Å². The van der Waals surface area contributed by atoms with Crippen LogP contribution < -0.4 is 15.5 Å². The topological polar surface area (TPSA) is 109 Å². The van der Waals surface area contributed by atoms with Crippen molar-refractivity contribution in [1.29, 1.82) is 0 Å². The molecule has 0 aromatic carbocycles. The van der Waals surface area contributed by atoms with E-state index in [1.807, 2.05) is 0 Å². The summed E-state index contributed by atoms with van der Waals surface area (Å²) in [6.07, 6.45) is -3.56. The number of amides is 1. The summed E-state index contributed by atoms with van der Waals surface area (Å²) < 4.78 is 67.0. The van der Waals surface area contributed by atoms with Gasteiger partial charge in [-0.05, 0) is 30.7 Å². The third kappa shape index (κ3) is 5.73. The average Bonchev–Trinajstić information content (AvgIpc) is 3.39. The number of hydrogen-bond donors (Lipinski definition) is 2. The molecule has 0 bridgehead atoms. The molecule has 1 amide bonds. The second-order valence-electron chi connectivity index (χ2n) is 8.89. The fourth-order valence-electron chi connectivity index (χ4n) is 4.31. The SMILES string of the molecule is O=C1C[C@H](Nc2nc(NC3CCC(F)(F)C3)nc(-c3cccc(C(F)(F)F)n3)n2)CN1c1ccccn1. The smallest absolute Gasteiger partial charge is 0.351 e. The van der Waals surface area contributed by atoms with Gasteiger partial charge in [0, 0.05) is 38.0 Å². The monoisotopic (exact) mass is 520 g/mol. The van der Waals surface area contributed by atoms with Crippen molar-refractivity contribution >= 4 is 23.6 Å². The van der Waals surface area contributed by atoms with Crippen molar-refractivity contribution in [2.75, 3.05) is 22.1 Å². The second kappa shape index (κ2) is 9.48. The number of nitrogens with one attached hydrogen (secondary N) is 2. The van der Waals surface area contributed by atoms with Crippen LogP contribution in [0.1, 0.15) is 31.4 Å². The molecule has 2 atom stereocenters. The number of alkyl halides is 5. The minimum atomic E-state index is -4.68. The van der Waals surface area contributed by atoms with Crippen LogP contribution in [-0.2, 0) is 11.0 Å². The lowest BCUT2D eigenvalue weighted by Gasteiger charge is -2.17. The lowest BCUT2D eigenvalue weighted by molar-refractivity contribution is -0.141. The van der Waals surface area contributed by atoms with Crippen molar-refractivity contribution in [3.8, 4) is 11.5 Å². The van der Waals surface area contributed by atoms with Crippen LogP contribution in [0.2, 0.25) is 0 Å². The Morgan fingerprint density at radius 3 is 2.35 bits per heavy atom. The van der Waals surface area contributed by atoms with Gasteiger partial charge in [0.15, 0.2) is 5.82 Å². The van der Waals surface area contributed by atoms with Crippen molar-refractivity contribution in [3.63, 3.8) is 0 Å². The number of pyridine rings is 2. The van der Waals surface area contributed by atoms with Crippen LogP contribution in [-0.4, -0.2) is 55.4 Å². The molecule has 2 N–H and O–H groups in total. The number of nitrogens with zero attached hydrogens (tertiary/aromatic N) is 6. The Bertz CT molecular complexity index is 1290. The molecule has 5 rings (SSSR count). The van der Waals surface area contributed by atoms with Gasteiger partial charge in [-0.1, -0.05) is 12.1 Å². The van der Waals surface area contributed by atoms with Crippen LogP contribution in [0.5, 0.6) is 0 Å². The van der Waals surface area contributed by atoms with Crippen LogP contribution in [0, 0.1) is 0 Å². The fraction of sp³-hybridized carbons (Fsp3) is 0.391. The number of rotatable bonds is 6. The summed E-state index contributed by atoms with van der Waals surface area (Å²) in [6.45, 7) is 0.246. The predicted molar refractivity (Wildman–Crippen MR) is 123 cm³/mol. The Balaban J connectivity index is 1.43. The molecule has 2 fully saturated rings. The molecular weight excluding hydrogens is 499 g/mol. The Morgan fingerprint density at radius 1 is 0.946 bits per heavy atom. The second-order valence-corrected chi connectivity index (χ2v) is 8.89. The zero-order valence-electron chi connectivity index (χ0n) is 19.2. The minimum Gasteiger partial charge on any atom is -0.351 e. The van der Waals surface area contributed by atoms with Crippen LogP contribution in [0.4, 0.5) is 39.7 Å². The minimum absolute atomic E-state index is 0.0304. The van der Waals surface area contributed by atoms with Gasteiger partial charge in [0.2, 0.25) is 23.7 Å². The molecule has 3 aromatic heterocycles. The highest BCUT2D eigenvalue weighted by molar-refractivity contribution is 5.95. The summed E-state index contributed by atoms with van der Waals surface area (Å²) in [6, 6.07) is 7.41. The van der Waals surface area contributed by atoms with Gasteiger partial charge in [-0.3, -0.25) is 9.69 Å². The van der Waals surface area contributed by atoms with E-state index in [2.05, 4.69) is 35.6 Å². The first-order valence-corrected chi connectivity index (χ1v) is 11.5. The van der Waals surface area contributed by atoms with Gasteiger partial charge in [-0.2, -0.15) is 28.1 Å². The van der Waals surface area contributed by atoms with Gasteiger partial charge < -0.3 is 10.6 Å². The highest BCUT2D eigenvalue weighted by Gasteiger charge is 2.40. The van der Waals surface area contributed by atoms with Crippen LogP contribution >= 0.6 is 0 Å². The molecule has 0 radical (unpaired) electrons. The number of halogens is 5. The first-order chi connectivity index (χ1) is 17.6. The van der Waals surface area contributed by atoms with Crippen LogP contribution in [0.15, 0.2) is 42.6 Å². The molecule has 3 aromatic rings. The zero-order chi connectivity index (χ0) is 26.2. The molecule has 2 aliphatic rings. The fourth-order valence-corrected chi connectivity index (χ4v) is 4.31. The Labute approximate surface area is 207 Å². The van der Waals surface area contributed by atoms with Gasteiger partial charge in [-0.15, -0.1) is 0 Å². The normalized spacial score (nSPS) is 21.3. The number of anilines is 3. The van der Waals surface area contributed by atoms with Crippen LogP contribution in [0.25, 0.3) is 11.5 Å². The molecule has 1 saturated heterocycles. The van der Waals surface area contributed by atoms with Crippen molar-refractivity contribution < 1.29 is 26.7 Å². The molecule has 14 heteroatoms. The summed E-state index contributed by atoms with van der Waals surface area (Å²) in [7, 11) is 0. The third-order valence-electron chi connectivity index (χ3n) is 6.02. The van der Waals surface area contributed by atoms with E-state index in [9.17, 15) is 26.7 Å². The van der Waals surface area contributed by atoms with E-state index in [1.54, 1.807) is 24.4 Å². The van der Waals surface area contributed by atoms with Crippen molar-refractivity contribution in [3.05, 3.63) is 48.3 Å². The maximum Gasteiger partial charge on any atom is 0.433 e. The van der Waals surface area contributed by atoms with Gasteiger partial charge in [0.1, 0.15) is 17.2 Å². The van der Waals surface area contributed by atoms with E-state index in [-0.39, 0.29) is 55.1 Å². The molecule has 194 valence electrons. The van der Waals surface area contributed by atoms with Crippen molar-refractivity contribution in [1.82, 2.24) is 24.9 Å². The van der Waals surface area contributed by atoms with E-state index in [0.29, 0.717) is 5.82 Å². The largest absolute Gasteiger partial charge is 0.433 e. The first-order valence-electron chi connectivity index (χ1n) is 11.5. The van der Waals surface area contributed by atoms with E-state index < -0.39 is 36.3 Å². The lowest BCUT2D eigenvalue weighted by Crippen LogP contribution is -2.29. The number of hydrogen-bond acceptors (Lipinski definition) is 8. The molecule has 0 spiro atoms. The molecule has 9 nitrogen and oxygen atoms in total. The standard InChI is InChI=1S/C23H21F5N8O/c24-22(25)8-7-13(11-22)30-20-33-19(15-4-3-5-16(32-15)23(26,27)28)34-21(35-20)31-14-10-18(37)36(12-14)17-6-1-2-9-29-17/h1-6,9,13-14H,7-8,10-12H2,(H2,30,31,33,34,35)/t13?,14-/m0/s1. The number of aromatic nitrogens is 5. The van der Waals surface area contributed by atoms with E-state index in [0.717, 1.165) is 6.07 Å². The summed E-state index contributed by atoms with van der Waals surface area (Å²) in [5.41, 5.74) is -1.30. The quantitative estimate of drug-likeness (QED) is 0.467. The van der Waals surface area contributed by atoms with Crippen molar-refractivity contribution in [2.45, 2.75) is 49.9 Å². The van der Waals surface area contributed by atoms with E-state index in [1.165, 1.54) is 17.0 Å². The maximum atomic E-state index is 13.7. The molecule has 1 saturated carbocycles. The zero-order valence-corrected chi connectivity index (χ0v) is 19.2. The Kier molecular flexibility index (Phi) is 6.33. The van der Waals surface area contributed by atoms with E-state index >= 15 is 0 Å². The maximum absolute atomic E-state index is 13.7. The first kappa shape index (κ1) is 24.7. The lowest BCUT2D eigenvalue weighted by atomic mass is 10.2. The highest BCUT2D eigenvalue weighted by Crippen LogP contribution is 2.36. The third-order valence-corrected chi connectivity index (χ3v) is 6.02. The molecule has 37 heavy (non-hydrogen) atoms. The van der Waals surface area contributed by atoms with E-state index in [4.69, 9.17) is 0 Å². The predicted octanol–water partition coefficient (Wildman–Crippen LogP) is 4.16. The summed E-state index contributed by atoms with van der Waals surface area (Å²) in [5, 5.41) is 5.86. The number of carbonyl (C=O) groups excluding carboxylic acids is 1. The molecule has 1 aliphatic heterocycles. The average molecular weight is 520 g/mol. The number of carbonyl (C=O) groups is 1. The van der Waals surface area contributed by atoms with Gasteiger partial charge in [-0.25, -0.2) is 18.7 Å². The summed E-state index contributed by atoms with van der Waals surface area (Å²) in [4.78, 5) is 34.5. The highest BCUT2D eigenvalue weighted by atomic mass is 19.4. The summed E-state index contributed by atoms with van der Waals surface area (Å²) in [5.74, 6) is -2.82. The molecule has 1 aliphatic carbocycles. The van der Waals surface area contributed by atoms with Gasteiger partial charge in [0.05, 0.1) is 6.04 Å². The molecule has 1 unspecified atom stereocenters. The van der Waals surface area contributed by atoms with Crippen LogP contribution in [0.3, 0.4) is 0 Å². The van der Waals surface area contributed by atoms with Crippen molar-refractivity contribution in [2.24, 2.45) is 0 Å². The Morgan fingerprint density at radius 2 is 1.70 bits per heavy atom.